The first-order valence-corrected chi connectivity index (χ1v) is 17.7. The molecule has 0 amide bonds. The van der Waals surface area contributed by atoms with Crippen molar-refractivity contribution < 1.29 is 37.7 Å². The second-order valence-electron chi connectivity index (χ2n) is 13.8. The van der Waals surface area contributed by atoms with Gasteiger partial charge in [-0.3, -0.25) is 0 Å². The average molecular weight is 683 g/mol. The van der Waals surface area contributed by atoms with Gasteiger partial charge in [0.15, 0.2) is 0 Å². The number of hydrogen-bond acceptors (Lipinski definition) is 2. The molecule has 3 aromatic heterocycles. The quantitative estimate of drug-likeness (QED) is 0.220. The Bertz CT molecular complexity index is 2360. The van der Waals surface area contributed by atoms with Crippen molar-refractivity contribution in [1.82, 2.24) is 19.9 Å². The van der Waals surface area contributed by atoms with Crippen molar-refractivity contribution in [3.63, 3.8) is 0 Å². The van der Waals surface area contributed by atoms with Crippen LogP contribution in [0.3, 0.4) is 0 Å². The van der Waals surface area contributed by atoms with E-state index in [-0.39, 0.29) is 37.7 Å². The first kappa shape index (κ1) is 37.0. The molecule has 5 heterocycles. The minimum atomic E-state index is 0. The molecule has 6 heteroatoms. The topological polar surface area (TPSA) is 54.0 Å². The van der Waals surface area contributed by atoms with Crippen molar-refractivity contribution in [3.8, 4) is 44.5 Å². The third-order valence-corrected chi connectivity index (χ3v) is 9.97. The molecule has 7 aromatic rings. The Balaban J connectivity index is 0.00000225. The van der Waals surface area contributed by atoms with E-state index in [0.717, 1.165) is 89.4 Å². The van der Waals surface area contributed by atoms with Gasteiger partial charge in [-0.1, -0.05) is 144 Å². The molecule has 0 N–H and O–H groups in total. The first-order valence-electron chi connectivity index (χ1n) is 17.7. The summed E-state index contributed by atoms with van der Waals surface area (Å²) in [5, 5.41) is 0. The van der Waals surface area contributed by atoms with Gasteiger partial charge in [-0.25, -0.2) is 9.97 Å². The molecule has 4 nitrogen and oxygen atoms in total. The van der Waals surface area contributed by atoms with E-state index >= 15 is 0 Å². The van der Waals surface area contributed by atoms with Gasteiger partial charge in [0.2, 0.25) is 0 Å². The van der Waals surface area contributed by atoms with Gasteiger partial charge in [0.25, 0.3) is 0 Å². The molecule has 9 rings (SSSR count). The number of fused-ring (bicyclic) bond motifs is 8. The zero-order valence-electron chi connectivity index (χ0n) is 31.6. The van der Waals surface area contributed by atoms with Gasteiger partial charge in [0.1, 0.15) is 0 Å². The van der Waals surface area contributed by atoms with Gasteiger partial charge in [-0.05, 0) is 96.5 Å². The molecule has 0 aliphatic carbocycles. The van der Waals surface area contributed by atoms with Crippen LogP contribution in [0.1, 0.15) is 45.0 Å². The fraction of sp³-hybridized carbons (Fsp3) is 0.0833. The van der Waals surface area contributed by atoms with Gasteiger partial charge in [0.05, 0.1) is 22.8 Å². The van der Waals surface area contributed by atoms with E-state index in [0.29, 0.717) is 0 Å². The Hall–Kier alpha value is -5.33. The monoisotopic (exact) mass is 682 g/mol. The molecule has 0 fully saturated rings. The van der Waals surface area contributed by atoms with Gasteiger partial charge < -0.3 is 9.97 Å². The number of rotatable bonds is 4. The Labute approximate surface area is 340 Å². The number of nitrogens with zero attached hydrogens (tertiary/aromatic N) is 4. The normalized spacial score (nSPS) is 11.6. The molecule has 2 aliphatic heterocycles. The summed E-state index contributed by atoms with van der Waals surface area (Å²) in [5.41, 5.74) is 19.9. The van der Waals surface area contributed by atoms with Crippen LogP contribution in [0.5, 0.6) is 0 Å². The summed E-state index contributed by atoms with van der Waals surface area (Å²) in [6.07, 6.45) is 8.48. The molecule has 0 saturated carbocycles. The van der Waals surface area contributed by atoms with Crippen molar-refractivity contribution in [2.24, 2.45) is 0 Å². The summed E-state index contributed by atoms with van der Waals surface area (Å²) >= 11 is 0. The molecule has 0 unspecified atom stereocenters. The molecule has 0 atom stereocenters. The van der Waals surface area contributed by atoms with Crippen LogP contribution in [0.25, 0.3) is 90.9 Å². The average Bonchev–Trinajstić information content (AvgIpc) is 3.99. The van der Waals surface area contributed by atoms with Gasteiger partial charge in [0, 0.05) is 0 Å². The Morgan fingerprint density at radius 1 is 0.296 bits per heavy atom. The van der Waals surface area contributed by atoms with Crippen molar-refractivity contribution >= 4 is 46.4 Å². The molecule has 4 aromatic carbocycles. The van der Waals surface area contributed by atoms with Gasteiger partial charge >= 0.3 is 37.7 Å². The summed E-state index contributed by atoms with van der Waals surface area (Å²) in [6.45, 7) is 8.45. The summed E-state index contributed by atoms with van der Waals surface area (Å²) < 4.78 is 0. The molecule has 54 heavy (non-hydrogen) atoms. The summed E-state index contributed by atoms with van der Waals surface area (Å²) in [6, 6.07) is 43.0. The summed E-state index contributed by atoms with van der Waals surface area (Å²) in [5.74, 6) is 0. The van der Waals surface area contributed by atoms with Gasteiger partial charge in [-0.2, -0.15) is 0 Å². The van der Waals surface area contributed by atoms with Crippen LogP contribution < -0.4 is 47.7 Å². The maximum absolute atomic E-state index is 5.37. The molecule has 8 bridgehead atoms. The number of aryl methyl sites for hydroxylation is 4. The van der Waals surface area contributed by atoms with Crippen LogP contribution in [-0.2, 0) is 0 Å². The second-order valence-corrected chi connectivity index (χ2v) is 13.8. The van der Waals surface area contributed by atoms with E-state index in [4.69, 9.17) is 19.9 Å². The molecule has 0 radical (unpaired) electrons. The third-order valence-electron chi connectivity index (χ3n) is 9.97. The van der Waals surface area contributed by atoms with Crippen molar-refractivity contribution in [1.29, 1.82) is 0 Å². The van der Waals surface area contributed by atoms with Crippen LogP contribution in [0.4, 0.5) is 0 Å². The predicted octanol–water partition coefficient (Wildman–Crippen LogP) is 5.82. The number of benzene rings is 4. The first-order chi connectivity index (χ1) is 25.4. The second kappa shape index (κ2) is 15.2. The fourth-order valence-corrected chi connectivity index (χ4v) is 7.15. The molecule has 2 aliphatic rings. The maximum atomic E-state index is 5.37. The van der Waals surface area contributed by atoms with E-state index in [2.05, 4.69) is 173 Å². The maximum Gasteiger partial charge on any atom is 1.00 e. The fourth-order valence-electron chi connectivity index (χ4n) is 7.15. The van der Waals surface area contributed by atoms with Gasteiger partial charge in [-0.15, -0.1) is 22.1 Å². The molecule has 250 valence electrons. The summed E-state index contributed by atoms with van der Waals surface area (Å²) in [4.78, 5) is 21.5. The van der Waals surface area contributed by atoms with Crippen molar-refractivity contribution in [2.45, 2.75) is 27.7 Å². The summed E-state index contributed by atoms with van der Waals surface area (Å²) in [7, 11) is 0. The van der Waals surface area contributed by atoms with E-state index in [1.807, 2.05) is 0 Å². The molecular formula is C48H36Li2N4. The third kappa shape index (κ3) is 6.91. The Morgan fingerprint density at radius 2 is 0.500 bits per heavy atom. The van der Waals surface area contributed by atoms with E-state index < -0.39 is 0 Å². The number of hydrogen-bond donors (Lipinski definition) is 0. The SMILES string of the molecule is Cc1ccc(-c2c3nc(c(-c4ccc(C)cc4)c4ccc([n-]4)c(-c4ccc(C)cc4)c4nc(c(-c5ccc(C)cc5)c5ccc2[n-]5)C=C4)C=C3)cc1.[Li+].[Li+]. The van der Waals surface area contributed by atoms with Crippen LogP contribution in [-0.4, -0.2) is 9.97 Å². The minimum Gasteiger partial charge on any atom is -0.657 e. The van der Waals surface area contributed by atoms with E-state index in [1.165, 1.54) is 22.3 Å². The largest absolute Gasteiger partial charge is 1.00 e. The van der Waals surface area contributed by atoms with Crippen LogP contribution in [0, 0.1) is 27.7 Å². The Morgan fingerprint density at radius 3 is 0.704 bits per heavy atom. The van der Waals surface area contributed by atoms with Crippen LogP contribution >= 0.6 is 0 Å². The zero-order valence-corrected chi connectivity index (χ0v) is 31.6. The van der Waals surface area contributed by atoms with Crippen LogP contribution in [0.15, 0.2) is 121 Å². The molecular weight excluding hydrogens is 646 g/mol. The standard InChI is InChI=1S/C48H36N4.2Li/c1-29-5-13-33(14-6-29)45-37-21-23-39(49-37)46(34-15-7-30(2)8-16-34)41-25-27-43(51-41)48(36-19-11-32(4)12-20-36)44-28-26-42(52-44)47(40-24-22-38(45)50-40)35-17-9-31(3)10-18-35;;/h5-28H,1-4H3;;/q-2;2*+1. The van der Waals surface area contributed by atoms with E-state index in [9.17, 15) is 0 Å². The molecule has 0 spiro atoms. The van der Waals surface area contributed by atoms with E-state index in [1.54, 1.807) is 0 Å². The smallest absolute Gasteiger partial charge is 0.657 e. The van der Waals surface area contributed by atoms with Crippen molar-refractivity contribution in [2.75, 3.05) is 0 Å². The zero-order chi connectivity index (χ0) is 35.3. The number of aromatic nitrogens is 4. The Kier molecular flexibility index (Phi) is 10.4. The molecule has 0 saturated heterocycles. The van der Waals surface area contributed by atoms with Crippen molar-refractivity contribution in [3.05, 3.63) is 166 Å². The predicted molar refractivity (Wildman–Crippen MR) is 217 cm³/mol. The van der Waals surface area contributed by atoms with Crippen LogP contribution in [0.2, 0.25) is 0 Å². The minimum absolute atomic E-state index is 0.